The van der Waals surface area contributed by atoms with E-state index in [1.807, 2.05) is 24.3 Å². The van der Waals surface area contributed by atoms with Crippen LogP contribution in [0, 0.1) is 3.57 Å². The van der Waals surface area contributed by atoms with E-state index in [0.29, 0.717) is 0 Å². The number of anilines is 2. The molecule has 4 rings (SSSR count). The molecule has 0 unspecified atom stereocenters. The van der Waals surface area contributed by atoms with Gasteiger partial charge in [-0.05, 0) is 63.7 Å². The largest absolute Gasteiger partial charge is 0.339 e. The fourth-order valence-electron chi connectivity index (χ4n) is 2.47. The number of benzene rings is 3. The van der Waals surface area contributed by atoms with Crippen molar-refractivity contribution < 1.29 is 0 Å². The molecule has 0 aliphatic heterocycles. The van der Waals surface area contributed by atoms with Crippen molar-refractivity contribution in [3.63, 3.8) is 0 Å². The summed E-state index contributed by atoms with van der Waals surface area (Å²) in [5.74, 6) is 0.754. The molecule has 0 fully saturated rings. The second-order valence-corrected chi connectivity index (χ2v) is 6.32. The molecule has 0 amide bonds. The minimum absolute atomic E-state index is 0.754. The molecule has 0 radical (unpaired) electrons. The van der Waals surface area contributed by atoms with Gasteiger partial charge < -0.3 is 5.32 Å². The lowest BCUT2D eigenvalue weighted by molar-refractivity contribution is 1.28. The Morgan fingerprint density at radius 3 is 2.36 bits per heavy atom. The number of halogens is 1. The van der Waals surface area contributed by atoms with E-state index < -0.39 is 0 Å². The SMILES string of the molecule is Ic1cccc(Nc2cnc3cc4ccccc4cc3n2)c1. The molecule has 4 heteroatoms. The smallest absolute Gasteiger partial charge is 0.149 e. The minimum Gasteiger partial charge on any atom is -0.339 e. The van der Waals surface area contributed by atoms with Crippen molar-refractivity contribution in [2.24, 2.45) is 0 Å². The summed E-state index contributed by atoms with van der Waals surface area (Å²) in [6.45, 7) is 0. The number of rotatable bonds is 2. The summed E-state index contributed by atoms with van der Waals surface area (Å²) in [6, 6.07) is 20.6. The number of fused-ring (bicyclic) bond motifs is 2. The van der Waals surface area contributed by atoms with Crippen LogP contribution in [0.15, 0.2) is 66.9 Å². The quantitative estimate of drug-likeness (QED) is 0.376. The Morgan fingerprint density at radius 2 is 1.59 bits per heavy atom. The maximum Gasteiger partial charge on any atom is 0.149 e. The van der Waals surface area contributed by atoms with Gasteiger partial charge in [-0.15, -0.1) is 0 Å². The van der Waals surface area contributed by atoms with E-state index in [1.165, 1.54) is 14.3 Å². The van der Waals surface area contributed by atoms with E-state index in [0.717, 1.165) is 22.5 Å². The molecule has 4 aromatic rings. The molecule has 0 aliphatic rings. The van der Waals surface area contributed by atoms with Crippen molar-refractivity contribution >= 4 is 55.9 Å². The van der Waals surface area contributed by atoms with E-state index in [9.17, 15) is 0 Å². The monoisotopic (exact) mass is 397 g/mol. The molecule has 0 atom stereocenters. The predicted octanol–water partition coefficient (Wildman–Crippen LogP) is 5.13. The van der Waals surface area contributed by atoms with Gasteiger partial charge in [-0.2, -0.15) is 0 Å². The second kappa shape index (κ2) is 5.53. The van der Waals surface area contributed by atoms with E-state index in [2.05, 4.69) is 74.3 Å². The maximum absolute atomic E-state index is 4.67. The van der Waals surface area contributed by atoms with Crippen LogP contribution in [0.4, 0.5) is 11.5 Å². The maximum atomic E-state index is 4.67. The Hall–Kier alpha value is -2.21. The van der Waals surface area contributed by atoms with Gasteiger partial charge in [0, 0.05) is 9.26 Å². The Morgan fingerprint density at radius 1 is 0.818 bits per heavy atom. The van der Waals surface area contributed by atoms with Crippen LogP contribution < -0.4 is 5.32 Å². The molecular formula is C18H12IN3. The number of aromatic nitrogens is 2. The standard InChI is InChI=1S/C18H12IN3/c19-14-6-3-7-15(10-14)21-18-11-20-16-8-12-4-1-2-5-13(12)9-17(16)22-18/h1-11H,(H,21,22). The number of nitrogens with zero attached hydrogens (tertiary/aromatic N) is 2. The van der Waals surface area contributed by atoms with Crippen LogP contribution in [0.25, 0.3) is 21.8 Å². The molecule has 0 aliphatic carbocycles. The van der Waals surface area contributed by atoms with E-state index in [1.54, 1.807) is 6.20 Å². The first-order valence-electron chi connectivity index (χ1n) is 6.96. The highest BCUT2D eigenvalue weighted by Gasteiger charge is 2.03. The van der Waals surface area contributed by atoms with Crippen molar-refractivity contribution in [3.05, 3.63) is 70.4 Å². The first-order valence-corrected chi connectivity index (χ1v) is 8.04. The van der Waals surface area contributed by atoms with Crippen molar-refractivity contribution in [1.82, 2.24) is 9.97 Å². The molecule has 0 bridgehead atoms. The van der Waals surface area contributed by atoms with Gasteiger partial charge in [0.25, 0.3) is 0 Å². The van der Waals surface area contributed by atoms with E-state index in [4.69, 9.17) is 0 Å². The van der Waals surface area contributed by atoms with Crippen LogP contribution in [-0.2, 0) is 0 Å². The lowest BCUT2D eigenvalue weighted by Crippen LogP contribution is -1.95. The predicted molar refractivity (Wildman–Crippen MR) is 99.5 cm³/mol. The molecule has 3 aromatic carbocycles. The topological polar surface area (TPSA) is 37.8 Å². The van der Waals surface area contributed by atoms with E-state index in [-0.39, 0.29) is 0 Å². The Labute approximate surface area is 141 Å². The third-order valence-corrected chi connectivity index (χ3v) is 4.18. The van der Waals surface area contributed by atoms with Crippen molar-refractivity contribution in [3.8, 4) is 0 Å². The molecule has 106 valence electrons. The van der Waals surface area contributed by atoms with Gasteiger partial charge in [-0.25, -0.2) is 4.98 Å². The highest BCUT2D eigenvalue weighted by atomic mass is 127. The zero-order chi connectivity index (χ0) is 14.9. The van der Waals surface area contributed by atoms with Crippen molar-refractivity contribution in [1.29, 1.82) is 0 Å². The lowest BCUT2D eigenvalue weighted by atomic mass is 10.1. The molecular weight excluding hydrogens is 385 g/mol. The molecule has 0 saturated carbocycles. The summed E-state index contributed by atoms with van der Waals surface area (Å²) < 4.78 is 1.18. The molecule has 22 heavy (non-hydrogen) atoms. The zero-order valence-electron chi connectivity index (χ0n) is 11.6. The van der Waals surface area contributed by atoms with Gasteiger partial charge in [0.05, 0.1) is 17.2 Å². The van der Waals surface area contributed by atoms with Gasteiger partial charge in [-0.1, -0.05) is 30.3 Å². The number of hydrogen-bond acceptors (Lipinski definition) is 3. The van der Waals surface area contributed by atoms with Crippen LogP contribution in [0.3, 0.4) is 0 Å². The molecule has 0 saturated heterocycles. The first kappa shape index (κ1) is 13.5. The highest BCUT2D eigenvalue weighted by molar-refractivity contribution is 14.1. The Bertz CT molecular complexity index is 982. The number of hydrogen-bond donors (Lipinski definition) is 1. The normalized spacial score (nSPS) is 11.0. The molecule has 0 spiro atoms. The van der Waals surface area contributed by atoms with Crippen molar-refractivity contribution in [2.75, 3.05) is 5.32 Å². The second-order valence-electron chi connectivity index (χ2n) is 5.08. The zero-order valence-corrected chi connectivity index (χ0v) is 13.8. The van der Waals surface area contributed by atoms with Crippen LogP contribution in [-0.4, -0.2) is 9.97 Å². The molecule has 1 aromatic heterocycles. The Kier molecular flexibility index (Phi) is 3.38. The minimum atomic E-state index is 0.754. The van der Waals surface area contributed by atoms with Crippen LogP contribution in [0.5, 0.6) is 0 Å². The van der Waals surface area contributed by atoms with Gasteiger partial charge >= 0.3 is 0 Å². The summed E-state index contributed by atoms with van der Waals surface area (Å²) in [7, 11) is 0. The van der Waals surface area contributed by atoms with Crippen molar-refractivity contribution in [2.45, 2.75) is 0 Å². The first-order chi connectivity index (χ1) is 10.8. The fraction of sp³-hybridized carbons (Fsp3) is 0. The van der Waals surface area contributed by atoms with E-state index >= 15 is 0 Å². The molecule has 1 heterocycles. The summed E-state index contributed by atoms with van der Waals surface area (Å²) >= 11 is 2.30. The summed E-state index contributed by atoms with van der Waals surface area (Å²) in [5.41, 5.74) is 2.82. The average Bonchev–Trinajstić information content (AvgIpc) is 2.53. The average molecular weight is 397 g/mol. The van der Waals surface area contributed by atoms with Gasteiger partial charge in [0.1, 0.15) is 5.82 Å². The van der Waals surface area contributed by atoms with Gasteiger partial charge in [-0.3, -0.25) is 4.98 Å². The fourth-order valence-corrected chi connectivity index (χ4v) is 3.02. The van der Waals surface area contributed by atoms with Crippen LogP contribution in [0.1, 0.15) is 0 Å². The highest BCUT2D eigenvalue weighted by Crippen LogP contribution is 2.22. The Balaban J connectivity index is 1.78. The number of nitrogens with one attached hydrogen (secondary N) is 1. The van der Waals surface area contributed by atoms with Gasteiger partial charge in [0.15, 0.2) is 0 Å². The third-order valence-electron chi connectivity index (χ3n) is 3.51. The molecule has 1 N–H and O–H groups in total. The summed E-state index contributed by atoms with van der Waals surface area (Å²) in [6.07, 6.45) is 1.77. The summed E-state index contributed by atoms with van der Waals surface area (Å²) in [5, 5.41) is 5.67. The lowest BCUT2D eigenvalue weighted by Gasteiger charge is -2.07. The summed E-state index contributed by atoms with van der Waals surface area (Å²) in [4.78, 5) is 9.20. The molecule has 3 nitrogen and oxygen atoms in total. The van der Waals surface area contributed by atoms with Crippen LogP contribution in [0.2, 0.25) is 0 Å². The third kappa shape index (κ3) is 2.62. The van der Waals surface area contributed by atoms with Crippen LogP contribution >= 0.6 is 22.6 Å². The van der Waals surface area contributed by atoms with Gasteiger partial charge in [0.2, 0.25) is 0 Å².